The number of nitro groups is 1. The smallest absolute Gasteiger partial charge is 0.288 e. The van der Waals surface area contributed by atoms with Crippen LogP contribution in [0.1, 0.15) is 38.4 Å². The number of amides is 1. The van der Waals surface area contributed by atoms with Gasteiger partial charge in [0, 0.05) is 29.4 Å². The molecule has 3 aromatic rings. The Morgan fingerprint density at radius 1 is 1.14 bits per heavy atom. The lowest BCUT2D eigenvalue weighted by Crippen LogP contribution is -2.48. The third kappa shape index (κ3) is 5.01. The van der Waals surface area contributed by atoms with Crippen molar-refractivity contribution in [1.82, 2.24) is 4.90 Å². The molecule has 1 unspecified atom stereocenters. The van der Waals surface area contributed by atoms with Gasteiger partial charge < -0.3 is 14.6 Å². The molecule has 0 spiro atoms. The van der Waals surface area contributed by atoms with Crippen LogP contribution in [0.15, 0.2) is 70.0 Å². The van der Waals surface area contributed by atoms with Crippen LogP contribution in [0.25, 0.3) is 17.4 Å². The third-order valence-corrected chi connectivity index (χ3v) is 8.19. The lowest BCUT2D eigenvalue weighted by atomic mass is 9.85. The van der Waals surface area contributed by atoms with Gasteiger partial charge in [0.2, 0.25) is 0 Å². The van der Waals surface area contributed by atoms with E-state index in [1.807, 2.05) is 35.2 Å². The lowest BCUT2D eigenvalue weighted by Gasteiger charge is -2.39. The number of rotatable bonds is 6. The van der Waals surface area contributed by atoms with Crippen molar-refractivity contribution < 1.29 is 14.1 Å². The second-order valence-electron chi connectivity index (χ2n) is 9.16. The highest BCUT2D eigenvalue weighted by molar-refractivity contribution is 8.05. The fourth-order valence-electron chi connectivity index (χ4n) is 4.89. The van der Waals surface area contributed by atoms with E-state index in [2.05, 4.69) is 12.2 Å². The minimum atomic E-state index is -0.522. The average Bonchev–Trinajstić information content (AvgIpc) is 3.45. The molecule has 1 saturated carbocycles. The van der Waals surface area contributed by atoms with Gasteiger partial charge in [0.05, 0.1) is 9.83 Å². The fraction of sp³-hybridized carbons (Fsp3) is 0.296. The highest BCUT2D eigenvalue weighted by Crippen LogP contribution is 2.42. The van der Waals surface area contributed by atoms with Crippen LogP contribution in [0.4, 0.5) is 11.4 Å². The second kappa shape index (κ2) is 10.4. The molecule has 2 fully saturated rings. The number of anilines is 1. The normalized spacial score (nSPS) is 23.3. The van der Waals surface area contributed by atoms with Gasteiger partial charge in [0.1, 0.15) is 16.5 Å². The molecule has 1 amide bonds. The van der Waals surface area contributed by atoms with Gasteiger partial charge in [0.25, 0.3) is 11.6 Å². The summed E-state index contributed by atoms with van der Waals surface area (Å²) in [6, 6.07) is 18.1. The van der Waals surface area contributed by atoms with Crippen LogP contribution in [-0.4, -0.2) is 27.3 Å². The van der Waals surface area contributed by atoms with E-state index in [0.717, 1.165) is 24.9 Å². The molecule has 186 valence electrons. The molecule has 1 saturated heterocycles. The van der Waals surface area contributed by atoms with E-state index in [0.29, 0.717) is 27.9 Å². The van der Waals surface area contributed by atoms with E-state index in [9.17, 15) is 14.9 Å². The first-order valence-corrected chi connectivity index (χ1v) is 13.2. The van der Waals surface area contributed by atoms with Crippen LogP contribution >= 0.6 is 23.4 Å². The number of para-hydroxylation sites is 1. The van der Waals surface area contributed by atoms with Crippen molar-refractivity contribution in [2.45, 2.75) is 44.1 Å². The van der Waals surface area contributed by atoms with E-state index in [4.69, 9.17) is 16.0 Å². The van der Waals surface area contributed by atoms with Crippen molar-refractivity contribution in [3.8, 4) is 11.3 Å². The fourth-order valence-corrected chi connectivity index (χ4v) is 6.27. The van der Waals surface area contributed by atoms with Crippen LogP contribution < -0.4 is 5.32 Å². The molecule has 0 bridgehead atoms. The molecule has 2 aliphatic rings. The number of carbonyl (C=O) groups excluding carboxylic acids is 1. The maximum Gasteiger partial charge on any atom is 0.288 e. The van der Waals surface area contributed by atoms with Crippen molar-refractivity contribution in [3.05, 3.63) is 86.5 Å². The molecule has 1 aliphatic carbocycles. The molecule has 2 aromatic carbocycles. The number of benzene rings is 2. The zero-order valence-electron chi connectivity index (χ0n) is 19.7. The number of carbonyl (C=O) groups is 1. The highest BCUT2D eigenvalue weighted by atomic mass is 35.5. The average molecular weight is 524 g/mol. The van der Waals surface area contributed by atoms with E-state index in [-0.39, 0.29) is 28.2 Å². The van der Waals surface area contributed by atoms with Crippen LogP contribution in [0.5, 0.6) is 0 Å². The Labute approximate surface area is 218 Å². The first-order valence-electron chi connectivity index (χ1n) is 12.0. The quantitative estimate of drug-likeness (QED) is 0.206. The number of hydrogen-bond donors (Lipinski definition) is 1. The van der Waals surface area contributed by atoms with Gasteiger partial charge in [-0.1, -0.05) is 61.3 Å². The Kier molecular flexibility index (Phi) is 7.07. The Morgan fingerprint density at radius 2 is 1.92 bits per heavy atom. The number of halogens is 1. The summed E-state index contributed by atoms with van der Waals surface area (Å²) in [6.45, 7) is 2.23. The lowest BCUT2D eigenvalue weighted by molar-refractivity contribution is -0.384. The SMILES string of the molecule is C[C@@H]1CCCC[C@H]1N1C(=O)/C(=C/c2ccc(-c3ccc(Cl)c([N+](=O)[O-])c3)o2)SC1Nc1ccccc1. The Hall–Kier alpha value is -3.23. The first kappa shape index (κ1) is 24.5. The standard InChI is InChI=1S/C27H26ClN3O4S/c1-17-7-5-6-10-22(17)30-26(32)25(36-27(30)29-19-8-3-2-4-9-19)16-20-12-14-24(35-20)18-11-13-21(28)23(15-18)31(33)34/h2-4,8-9,11-17,22,27,29H,5-7,10H2,1H3/b25-16-/t17-,22-,27?/m1/s1. The maximum absolute atomic E-state index is 13.7. The summed E-state index contributed by atoms with van der Waals surface area (Å²) in [4.78, 5) is 27.0. The van der Waals surface area contributed by atoms with Gasteiger partial charge in [-0.15, -0.1) is 0 Å². The van der Waals surface area contributed by atoms with E-state index < -0.39 is 4.92 Å². The summed E-state index contributed by atoms with van der Waals surface area (Å²) in [7, 11) is 0. The van der Waals surface area contributed by atoms with Gasteiger partial charge in [-0.2, -0.15) is 0 Å². The van der Waals surface area contributed by atoms with Gasteiger partial charge in [-0.05, 0) is 55.2 Å². The predicted octanol–water partition coefficient (Wildman–Crippen LogP) is 7.40. The molecular weight excluding hydrogens is 498 g/mol. The summed E-state index contributed by atoms with van der Waals surface area (Å²) < 4.78 is 5.96. The number of furan rings is 1. The molecular formula is C27H26ClN3O4S. The van der Waals surface area contributed by atoms with Crippen LogP contribution in [0.3, 0.4) is 0 Å². The number of nitrogens with zero attached hydrogens (tertiary/aromatic N) is 2. The molecule has 1 aliphatic heterocycles. The molecule has 1 N–H and O–H groups in total. The van der Waals surface area contributed by atoms with Gasteiger partial charge in [-0.25, -0.2) is 0 Å². The zero-order chi connectivity index (χ0) is 25.2. The number of nitro benzene ring substituents is 1. The van der Waals surface area contributed by atoms with E-state index >= 15 is 0 Å². The molecule has 0 radical (unpaired) electrons. The predicted molar refractivity (Wildman–Crippen MR) is 143 cm³/mol. The summed E-state index contributed by atoms with van der Waals surface area (Å²) in [5.41, 5.74) is 1.11. The monoisotopic (exact) mass is 523 g/mol. The van der Waals surface area contributed by atoms with Crippen LogP contribution in [0.2, 0.25) is 5.02 Å². The first-order chi connectivity index (χ1) is 17.4. The van der Waals surface area contributed by atoms with Gasteiger partial charge >= 0.3 is 0 Å². The Bertz CT molecular complexity index is 1310. The van der Waals surface area contributed by atoms with Crippen molar-refractivity contribution >= 4 is 46.7 Å². The molecule has 5 rings (SSSR count). The van der Waals surface area contributed by atoms with Gasteiger partial charge in [-0.3, -0.25) is 14.9 Å². The molecule has 36 heavy (non-hydrogen) atoms. The minimum Gasteiger partial charge on any atom is -0.457 e. The molecule has 7 nitrogen and oxygen atoms in total. The number of hydrogen-bond acceptors (Lipinski definition) is 6. The molecule has 3 atom stereocenters. The topological polar surface area (TPSA) is 88.6 Å². The Balaban J connectivity index is 1.43. The van der Waals surface area contributed by atoms with Crippen molar-refractivity contribution in [3.63, 3.8) is 0 Å². The highest BCUT2D eigenvalue weighted by Gasteiger charge is 2.43. The molecule has 1 aromatic heterocycles. The Morgan fingerprint density at radius 3 is 2.67 bits per heavy atom. The van der Waals surface area contributed by atoms with Crippen molar-refractivity contribution in [2.75, 3.05) is 5.32 Å². The third-order valence-electron chi connectivity index (χ3n) is 6.75. The van der Waals surface area contributed by atoms with Crippen molar-refractivity contribution in [2.24, 2.45) is 5.92 Å². The number of nitrogens with one attached hydrogen (secondary N) is 1. The maximum atomic E-state index is 13.7. The largest absolute Gasteiger partial charge is 0.457 e. The summed E-state index contributed by atoms with van der Waals surface area (Å²) >= 11 is 7.43. The van der Waals surface area contributed by atoms with Gasteiger partial charge in [0.15, 0.2) is 5.50 Å². The summed E-state index contributed by atoms with van der Waals surface area (Å²) in [6.07, 6.45) is 6.19. The minimum absolute atomic E-state index is 0.00716. The molecule has 9 heteroatoms. The second-order valence-corrected chi connectivity index (χ2v) is 10.7. The van der Waals surface area contributed by atoms with Crippen LogP contribution in [0, 0.1) is 16.0 Å². The zero-order valence-corrected chi connectivity index (χ0v) is 21.3. The van der Waals surface area contributed by atoms with Crippen molar-refractivity contribution in [1.29, 1.82) is 0 Å². The molecule has 2 heterocycles. The number of thioether (sulfide) groups is 1. The van der Waals surface area contributed by atoms with Crippen LogP contribution in [-0.2, 0) is 4.79 Å². The van der Waals surface area contributed by atoms with E-state index in [1.54, 1.807) is 24.3 Å². The summed E-state index contributed by atoms with van der Waals surface area (Å²) in [5.74, 6) is 1.40. The van der Waals surface area contributed by atoms with E-state index in [1.165, 1.54) is 30.3 Å². The summed E-state index contributed by atoms with van der Waals surface area (Å²) in [5, 5.41) is 14.9.